The van der Waals surface area contributed by atoms with Crippen LogP contribution in [0, 0.1) is 10.1 Å². The van der Waals surface area contributed by atoms with Crippen molar-refractivity contribution in [2.24, 2.45) is 0 Å². The maximum absolute atomic E-state index is 12.5. The average Bonchev–Trinajstić information content (AvgIpc) is 2.66. The van der Waals surface area contributed by atoms with Crippen LogP contribution in [0.25, 0.3) is 0 Å². The Labute approximate surface area is 162 Å². The molecule has 0 aromatic heterocycles. The molecule has 1 amide bonds. The third kappa shape index (κ3) is 6.19. The van der Waals surface area contributed by atoms with Crippen LogP contribution in [0.2, 0.25) is 0 Å². The van der Waals surface area contributed by atoms with E-state index in [4.69, 9.17) is 9.47 Å². The number of carbonyl (C=O) groups excluding carboxylic acids is 2. The lowest BCUT2D eigenvalue weighted by Crippen LogP contribution is -2.31. The summed E-state index contributed by atoms with van der Waals surface area (Å²) < 4.78 is 47.5. The Balaban J connectivity index is 1.87. The maximum Gasteiger partial charge on any atom is 0.416 e. The quantitative estimate of drug-likeness (QED) is 0.423. The lowest BCUT2D eigenvalue weighted by molar-refractivity contribution is -0.385. The normalized spacial score (nSPS) is 12.0. The van der Waals surface area contributed by atoms with Gasteiger partial charge in [-0.1, -0.05) is 12.1 Å². The van der Waals surface area contributed by atoms with Crippen LogP contribution >= 0.6 is 0 Å². The van der Waals surface area contributed by atoms with Gasteiger partial charge in [-0.2, -0.15) is 13.2 Å². The molecule has 8 nitrogen and oxygen atoms in total. The van der Waals surface area contributed by atoms with E-state index in [9.17, 15) is 32.9 Å². The summed E-state index contributed by atoms with van der Waals surface area (Å²) in [6, 6.07) is 9.12. The van der Waals surface area contributed by atoms with E-state index in [0.29, 0.717) is 0 Å². The average molecular weight is 412 g/mol. The summed E-state index contributed by atoms with van der Waals surface area (Å²) in [5.74, 6) is -1.88. The number of hydrogen-bond acceptors (Lipinski definition) is 6. The van der Waals surface area contributed by atoms with Gasteiger partial charge in [-0.25, -0.2) is 4.79 Å². The van der Waals surface area contributed by atoms with Crippen LogP contribution in [0.1, 0.15) is 12.5 Å². The van der Waals surface area contributed by atoms with Crippen molar-refractivity contribution in [2.45, 2.75) is 19.2 Å². The smallest absolute Gasteiger partial charge is 0.416 e. The number of esters is 1. The highest BCUT2D eigenvalue weighted by atomic mass is 19.4. The van der Waals surface area contributed by atoms with Crippen molar-refractivity contribution in [3.63, 3.8) is 0 Å². The van der Waals surface area contributed by atoms with Crippen molar-refractivity contribution >= 4 is 23.3 Å². The first-order chi connectivity index (χ1) is 13.6. The first kappa shape index (κ1) is 21.7. The number of halogens is 3. The molecule has 0 aliphatic heterocycles. The molecule has 0 spiro atoms. The molecule has 1 N–H and O–H groups in total. The van der Waals surface area contributed by atoms with Crippen LogP contribution in [0.4, 0.5) is 24.5 Å². The molecule has 2 aromatic carbocycles. The summed E-state index contributed by atoms with van der Waals surface area (Å²) in [5.41, 5.74) is -1.13. The zero-order valence-corrected chi connectivity index (χ0v) is 14.9. The van der Waals surface area contributed by atoms with Crippen molar-refractivity contribution in [3.05, 3.63) is 64.2 Å². The van der Waals surface area contributed by atoms with Gasteiger partial charge >= 0.3 is 17.8 Å². The maximum atomic E-state index is 12.5. The fourth-order valence-corrected chi connectivity index (χ4v) is 2.14. The highest BCUT2D eigenvalue weighted by Gasteiger charge is 2.30. The van der Waals surface area contributed by atoms with Gasteiger partial charge in [-0.3, -0.25) is 14.9 Å². The molecule has 0 heterocycles. The minimum absolute atomic E-state index is 0.0852. The number of anilines is 1. The Morgan fingerprint density at radius 3 is 2.34 bits per heavy atom. The van der Waals surface area contributed by atoms with E-state index in [1.807, 2.05) is 0 Å². The Kier molecular flexibility index (Phi) is 6.75. The summed E-state index contributed by atoms with van der Waals surface area (Å²) >= 11 is 0. The van der Waals surface area contributed by atoms with E-state index in [1.54, 1.807) is 0 Å². The Hall–Kier alpha value is -3.63. The third-order valence-corrected chi connectivity index (χ3v) is 3.56. The summed E-state index contributed by atoms with van der Waals surface area (Å²) in [6.07, 6.45) is -5.78. The number of carbonyl (C=O) groups is 2. The minimum Gasteiger partial charge on any atom is -0.475 e. The van der Waals surface area contributed by atoms with Crippen LogP contribution in [-0.4, -0.2) is 29.5 Å². The molecule has 0 radical (unpaired) electrons. The van der Waals surface area contributed by atoms with E-state index in [-0.39, 0.29) is 17.1 Å². The fraction of sp³-hybridized carbons (Fsp3) is 0.222. The first-order valence-corrected chi connectivity index (χ1v) is 8.11. The van der Waals surface area contributed by atoms with Crippen molar-refractivity contribution in [1.82, 2.24) is 0 Å². The lowest BCUT2D eigenvalue weighted by atomic mass is 10.2. The number of nitrogens with one attached hydrogen (secondary N) is 1. The van der Waals surface area contributed by atoms with Crippen LogP contribution in [0.15, 0.2) is 48.5 Å². The van der Waals surface area contributed by atoms with E-state index in [0.717, 1.165) is 24.3 Å². The predicted octanol–water partition coefficient (Wildman–Crippen LogP) is 3.56. The van der Waals surface area contributed by atoms with E-state index < -0.39 is 41.3 Å². The molecule has 11 heteroatoms. The summed E-state index contributed by atoms with van der Waals surface area (Å²) in [4.78, 5) is 34.0. The molecule has 0 fully saturated rings. The Bertz CT molecular complexity index is 899. The molecule has 154 valence electrons. The number of ether oxygens (including phenoxy) is 2. The van der Waals surface area contributed by atoms with Crippen LogP contribution in [-0.2, 0) is 20.5 Å². The number of rotatable bonds is 7. The molecule has 2 rings (SSSR count). The summed E-state index contributed by atoms with van der Waals surface area (Å²) in [6.45, 7) is 0.574. The molecule has 0 saturated carbocycles. The number of hydrogen-bond donors (Lipinski definition) is 1. The standard InChI is InChI=1S/C18H15F3N2O6/c1-11(17(25)22-13-8-6-12(7-9-13)18(19,20)21)29-16(24)10-28-15-5-3-2-4-14(15)23(26)27/h2-9,11H,10H2,1H3,(H,22,25)/t11-/m0/s1. The van der Waals surface area contributed by atoms with Gasteiger partial charge in [0.15, 0.2) is 18.5 Å². The van der Waals surface area contributed by atoms with Crippen LogP contribution < -0.4 is 10.1 Å². The van der Waals surface area contributed by atoms with Gasteiger partial charge in [0, 0.05) is 11.8 Å². The van der Waals surface area contributed by atoms with Gasteiger partial charge in [0.05, 0.1) is 10.5 Å². The highest BCUT2D eigenvalue weighted by Crippen LogP contribution is 2.30. The Morgan fingerprint density at radius 1 is 1.14 bits per heavy atom. The molecule has 0 aliphatic carbocycles. The molecule has 0 saturated heterocycles. The second-order valence-electron chi connectivity index (χ2n) is 5.71. The first-order valence-electron chi connectivity index (χ1n) is 8.11. The zero-order chi connectivity index (χ0) is 21.6. The number of amides is 1. The third-order valence-electron chi connectivity index (χ3n) is 3.56. The molecule has 0 bridgehead atoms. The van der Waals surface area contributed by atoms with Gasteiger partial charge in [0.25, 0.3) is 5.91 Å². The second kappa shape index (κ2) is 9.04. The van der Waals surface area contributed by atoms with Crippen molar-refractivity contribution in [2.75, 3.05) is 11.9 Å². The second-order valence-corrected chi connectivity index (χ2v) is 5.71. The van der Waals surface area contributed by atoms with E-state index in [2.05, 4.69) is 5.32 Å². The van der Waals surface area contributed by atoms with Gasteiger partial charge in [-0.15, -0.1) is 0 Å². The van der Waals surface area contributed by atoms with E-state index in [1.165, 1.54) is 31.2 Å². The number of nitro benzene ring substituents is 1. The molecule has 0 aliphatic rings. The fourth-order valence-electron chi connectivity index (χ4n) is 2.14. The zero-order valence-electron chi connectivity index (χ0n) is 14.9. The number of alkyl halides is 3. The van der Waals surface area contributed by atoms with Crippen LogP contribution in [0.3, 0.4) is 0 Å². The number of para-hydroxylation sites is 2. The van der Waals surface area contributed by atoms with Gasteiger partial charge in [0.2, 0.25) is 0 Å². The number of benzene rings is 2. The van der Waals surface area contributed by atoms with Crippen molar-refractivity contribution in [1.29, 1.82) is 0 Å². The SMILES string of the molecule is C[C@H](OC(=O)COc1ccccc1[N+](=O)[O-])C(=O)Nc1ccc(C(F)(F)F)cc1. The molecule has 1 atom stereocenters. The molecule has 0 unspecified atom stereocenters. The topological polar surface area (TPSA) is 108 Å². The van der Waals surface area contributed by atoms with Crippen molar-refractivity contribution in [3.8, 4) is 5.75 Å². The van der Waals surface area contributed by atoms with Gasteiger partial charge < -0.3 is 14.8 Å². The molecule has 2 aromatic rings. The van der Waals surface area contributed by atoms with Crippen molar-refractivity contribution < 1.29 is 37.2 Å². The van der Waals surface area contributed by atoms with Gasteiger partial charge in [-0.05, 0) is 37.3 Å². The van der Waals surface area contributed by atoms with Gasteiger partial charge in [0.1, 0.15) is 0 Å². The summed E-state index contributed by atoms with van der Waals surface area (Å²) in [5, 5.41) is 13.2. The molecule has 29 heavy (non-hydrogen) atoms. The Morgan fingerprint density at radius 2 is 1.76 bits per heavy atom. The number of nitrogens with zero attached hydrogens (tertiary/aromatic N) is 1. The monoisotopic (exact) mass is 412 g/mol. The van der Waals surface area contributed by atoms with E-state index >= 15 is 0 Å². The number of nitro groups is 1. The van der Waals surface area contributed by atoms with Crippen LogP contribution in [0.5, 0.6) is 5.75 Å². The molecular weight excluding hydrogens is 397 g/mol. The lowest BCUT2D eigenvalue weighted by Gasteiger charge is -2.14. The largest absolute Gasteiger partial charge is 0.475 e. The predicted molar refractivity (Wildman–Crippen MR) is 94.2 cm³/mol. The summed E-state index contributed by atoms with van der Waals surface area (Å²) in [7, 11) is 0. The molecular formula is C18H15F3N2O6. The minimum atomic E-state index is -4.50. The highest BCUT2D eigenvalue weighted by molar-refractivity contribution is 5.95.